The summed E-state index contributed by atoms with van der Waals surface area (Å²) in [7, 11) is 0. The lowest BCUT2D eigenvalue weighted by Gasteiger charge is -2.14. The van der Waals surface area contributed by atoms with Gasteiger partial charge in [-0.15, -0.1) is 0 Å². The first kappa shape index (κ1) is 13.7. The molecule has 0 aromatic heterocycles. The summed E-state index contributed by atoms with van der Waals surface area (Å²) < 4.78 is 0. The largest absolute Gasteiger partial charge is 0.478 e. The van der Waals surface area contributed by atoms with Crippen molar-refractivity contribution in [1.29, 1.82) is 0 Å². The Labute approximate surface area is 114 Å². The molecule has 0 spiro atoms. The van der Waals surface area contributed by atoms with Gasteiger partial charge in [0.2, 0.25) is 0 Å². The zero-order chi connectivity index (χ0) is 13.7. The van der Waals surface area contributed by atoms with E-state index in [1.807, 2.05) is 19.1 Å². The molecule has 0 heterocycles. The number of carboxylic acid groups (broad SMARTS) is 1. The summed E-state index contributed by atoms with van der Waals surface area (Å²) in [6.07, 6.45) is 8.32. The summed E-state index contributed by atoms with van der Waals surface area (Å²) in [6.45, 7) is 2.71. The van der Waals surface area contributed by atoms with E-state index in [2.05, 4.69) is 11.4 Å². The van der Waals surface area contributed by atoms with Crippen LogP contribution in [0.2, 0.25) is 0 Å². The minimum atomic E-state index is -0.872. The minimum absolute atomic E-state index is 0.359. The normalized spacial score (nSPS) is 14.9. The number of carbonyl (C=O) groups is 1. The molecule has 0 bridgehead atoms. The predicted octanol–water partition coefficient (Wildman–Crippen LogP) is 4.00. The highest BCUT2D eigenvalue weighted by atomic mass is 16.4. The van der Waals surface area contributed by atoms with Crippen molar-refractivity contribution in [2.75, 3.05) is 11.9 Å². The number of aryl methyl sites for hydroxylation is 1. The summed E-state index contributed by atoms with van der Waals surface area (Å²) in [4.78, 5) is 11.2. The van der Waals surface area contributed by atoms with Crippen LogP contribution >= 0.6 is 0 Å². The van der Waals surface area contributed by atoms with E-state index in [1.165, 1.54) is 31.3 Å². The van der Waals surface area contributed by atoms with E-state index in [1.54, 1.807) is 6.07 Å². The van der Waals surface area contributed by atoms with E-state index >= 15 is 0 Å². The van der Waals surface area contributed by atoms with Crippen molar-refractivity contribution >= 4 is 11.7 Å². The van der Waals surface area contributed by atoms with E-state index in [-0.39, 0.29) is 0 Å². The summed E-state index contributed by atoms with van der Waals surface area (Å²) in [5, 5.41) is 12.4. The number of benzene rings is 1. The van der Waals surface area contributed by atoms with Crippen molar-refractivity contribution in [3.05, 3.63) is 41.0 Å². The highest BCUT2D eigenvalue weighted by Gasteiger charge is 2.10. The number of aromatic carboxylic acids is 1. The second-order valence-corrected chi connectivity index (χ2v) is 5.14. The van der Waals surface area contributed by atoms with Crippen molar-refractivity contribution in [3.63, 3.8) is 0 Å². The average molecular weight is 259 g/mol. The molecule has 0 unspecified atom stereocenters. The number of hydrogen-bond acceptors (Lipinski definition) is 2. The van der Waals surface area contributed by atoms with Gasteiger partial charge >= 0.3 is 5.97 Å². The Morgan fingerprint density at radius 2 is 2.21 bits per heavy atom. The van der Waals surface area contributed by atoms with E-state index in [0.29, 0.717) is 5.56 Å². The summed E-state index contributed by atoms with van der Waals surface area (Å²) in [5.74, 6) is -0.872. The Kier molecular flexibility index (Phi) is 4.61. The van der Waals surface area contributed by atoms with Crippen LogP contribution in [0.25, 0.3) is 0 Å². The molecule has 3 nitrogen and oxygen atoms in total. The molecular formula is C16H21NO2. The number of nitrogens with one attached hydrogen (secondary N) is 1. The minimum Gasteiger partial charge on any atom is -0.478 e. The molecule has 3 heteroatoms. The quantitative estimate of drug-likeness (QED) is 0.786. The second-order valence-electron chi connectivity index (χ2n) is 5.14. The van der Waals surface area contributed by atoms with Gasteiger partial charge < -0.3 is 10.4 Å². The molecule has 0 saturated carbocycles. The van der Waals surface area contributed by atoms with Crippen LogP contribution in [0.4, 0.5) is 5.69 Å². The molecule has 2 N–H and O–H groups in total. The number of carboxylic acids is 1. The van der Waals surface area contributed by atoms with Crippen molar-refractivity contribution < 1.29 is 9.90 Å². The standard InChI is InChI=1S/C16H21NO2/c1-12-7-8-15(14(11-12)16(18)19)17-10-9-13-5-3-2-4-6-13/h5,7-8,11,17H,2-4,6,9-10H2,1H3,(H,18,19). The molecule has 0 radical (unpaired) electrons. The third-order valence-corrected chi connectivity index (χ3v) is 3.55. The SMILES string of the molecule is Cc1ccc(NCCC2=CCCCC2)c(C(=O)O)c1. The Morgan fingerprint density at radius 1 is 1.37 bits per heavy atom. The zero-order valence-electron chi connectivity index (χ0n) is 11.4. The van der Waals surface area contributed by atoms with Crippen LogP contribution < -0.4 is 5.32 Å². The lowest BCUT2D eigenvalue weighted by Crippen LogP contribution is -2.09. The Morgan fingerprint density at radius 3 is 2.89 bits per heavy atom. The molecule has 0 atom stereocenters. The monoisotopic (exact) mass is 259 g/mol. The van der Waals surface area contributed by atoms with Gasteiger partial charge in [0.15, 0.2) is 0 Å². The maximum absolute atomic E-state index is 11.2. The van der Waals surface area contributed by atoms with Crippen LogP contribution in [0.15, 0.2) is 29.8 Å². The third-order valence-electron chi connectivity index (χ3n) is 3.55. The van der Waals surface area contributed by atoms with Crippen LogP contribution in [0.5, 0.6) is 0 Å². The second kappa shape index (κ2) is 6.41. The van der Waals surface area contributed by atoms with Crippen LogP contribution in [0.3, 0.4) is 0 Å². The van der Waals surface area contributed by atoms with Crippen molar-refractivity contribution in [2.24, 2.45) is 0 Å². The molecule has 2 rings (SSSR count). The molecule has 102 valence electrons. The van der Waals surface area contributed by atoms with Crippen molar-refractivity contribution in [1.82, 2.24) is 0 Å². The first-order chi connectivity index (χ1) is 9.16. The van der Waals surface area contributed by atoms with Gasteiger partial charge in [-0.25, -0.2) is 4.79 Å². The molecule has 0 saturated heterocycles. The number of hydrogen-bond donors (Lipinski definition) is 2. The van der Waals surface area contributed by atoms with Crippen LogP contribution in [-0.2, 0) is 0 Å². The predicted molar refractivity (Wildman–Crippen MR) is 77.8 cm³/mol. The Bertz CT molecular complexity index is 492. The lowest BCUT2D eigenvalue weighted by atomic mass is 9.97. The van der Waals surface area contributed by atoms with Crippen molar-refractivity contribution in [2.45, 2.75) is 39.0 Å². The first-order valence-corrected chi connectivity index (χ1v) is 6.92. The fraction of sp³-hybridized carbons (Fsp3) is 0.438. The molecule has 1 aliphatic rings. The fourth-order valence-corrected chi connectivity index (χ4v) is 2.48. The molecule has 1 aromatic rings. The third kappa shape index (κ3) is 3.85. The van der Waals surface area contributed by atoms with Gasteiger partial charge in [0.25, 0.3) is 0 Å². The molecular weight excluding hydrogens is 238 g/mol. The Balaban J connectivity index is 1.95. The fourth-order valence-electron chi connectivity index (χ4n) is 2.48. The maximum Gasteiger partial charge on any atom is 0.337 e. The first-order valence-electron chi connectivity index (χ1n) is 6.92. The number of anilines is 1. The highest BCUT2D eigenvalue weighted by molar-refractivity contribution is 5.94. The molecule has 1 aliphatic carbocycles. The average Bonchev–Trinajstić information content (AvgIpc) is 2.41. The van der Waals surface area contributed by atoms with Gasteiger partial charge in [-0.05, 0) is 51.2 Å². The van der Waals surface area contributed by atoms with E-state index in [9.17, 15) is 9.90 Å². The summed E-state index contributed by atoms with van der Waals surface area (Å²) in [6, 6.07) is 5.51. The highest BCUT2D eigenvalue weighted by Crippen LogP contribution is 2.21. The lowest BCUT2D eigenvalue weighted by molar-refractivity contribution is 0.0698. The molecule has 1 aromatic carbocycles. The molecule has 0 aliphatic heterocycles. The maximum atomic E-state index is 11.2. The topological polar surface area (TPSA) is 49.3 Å². The van der Waals surface area contributed by atoms with Crippen LogP contribution in [0.1, 0.15) is 48.0 Å². The van der Waals surface area contributed by atoms with Crippen molar-refractivity contribution in [3.8, 4) is 0 Å². The van der Waals surface area contributed by atoms with Crippen LogP contribution in [-0.4, -0.2) is 17.6 Å². The van der Waals surface area contributed by atoms with Gasteiger partial charge in [0.1, 0.15) is 0 Å². The van der Waals surface area contributed by atoms with E-state index in [4.69, 9.17) is 0 Å². The zero-order valence-corrected chi connectivity index (χ0v) is 11.4. The summed E-state index contributed by atoms with van der Waals surface area (Å²) >= 11 is 0. The smallest absolute Gasteiger partial charge is 0.337 e. The van der Waals surface area contributed by atoms with E-state index in [0.717, 1.165) is 24.2 Å². The van der Waals surface area contributed by atoms with Crippen LogP contribution in [0, 0.1) is 6.92 Å². The van der Waals surface area contributed by atoms with E-state index < -0.39 is 5.97 Å². The number of allylic oxidation sites excluding steroid dienone is 1. The molecule has 19 heavy (non-hydrogen) atoms. The van der Waals surface area contributed by atoms with Gasteiger partial charge in [-0.3, -0.25) is 0 Å². The van der Waals surface area contributed by atoms with Gasteiger partial charge in [-0.1, -0.05) is 23.3 Å². The number of rotatable bonds is 5. The molecule has 0 amide bonds. The summed E-state index contributed by atoms with van der Waals surface area (Å²) in [5.41, 5.74) is 3.55. The molecule has 0 fully saturated rings. The van der Waals surface area contributed by atoms with Gasteiger partial charge in [0.05, 0.1) is 5.56 Å². The Hall–Kier alpha value is -1.77. The van der Waals surface area contributed by atoms with Gasteiger partial charge in [0, 0.05) is 12.2 Å². The van der Waals surface area contributed by atoms with Gasteiger partial charge in [-0.2, -0.15) is 0 Å².